The largest absolute Gasteiger partial charge is 0.483 e. The number of methoxy groups -OCH3 is 1. The smallest absolute Gasteiger partial charge is 0.167 e. The zero-order valence-electron chi connectivity index (χ0n) is 14.0. The molecule has 1 aliphatic rings. The van der Waals surface area contributed by atoms with E-state index in [1.807, 2.05) is 30.3 Å². The van der Waals surface area contributed by atoms with Crippen LogP contribution < -0.4 is 15.8 Å². The molecule has 1 aliphatic carbocycles. The van der Waals surface area contributed by atoms with Crippen LogP contribution in [0.15, 0.2) is 36.4 Å². The molecule has 2 aromatic carbocycles. The summed E-state index contributed by atoms with van der Waals surface area (Å²) < 4.78 is 11.7. The van der Waals surface area contributed by atoms with E-state index in [1.165, 1.54) is 0 Å². The maximum atomic E-state index is 9.31. The first-order valence-electron chi connectivity index (χ1n) is 8.17. The molecular formula is C19H20ClN3O2. The van der Waals surface area contributed by atoms with Gasteiger partial charge in [0.1, 0.15) is 17.9 Å². The molecule has 2 aromatic rings. The van der Waals surface area contributed by atoms with Gasteiger partial charge in [0.15, 0.2) is 5.75 Å². The third-order valence-electron chi connectivity index (χ3n) is 4.37. The molecule has 0 aromatic heterocycles. The van der Waals surface area contributed by atoms with Crippen LogP contribution in [0, 0.1) is 11.3 Å². The Morgan fingerprint density at radius 1 is 1.24 bits per heavy atom. The van der Waals surface area contributed by atoms with Crippen LogP contribution in [-0.4, -0.2) is 19.3 Å². The Hall–Kier alpha value is -2.42. The Labute approximate surface area is 152 Å². The number of hydrogen-bond acceptors (Lipinski definition) is 5. The highest BCUT2D eigenvalue weighted by molar-refractivity contribution is 6.35. The molecule has 3 rings (SSSR count). The molecule has 0 unspecified atom stereocenters. The summed E-state index contributed by atoms with van der Waals surface area (Å²) in [4.78, 5) is 0. The lowest BCUT2D eigenvalue weighted by Crippen LogP contribution is -2.28. The van der Waals surface area contributed by atoms with Crippen LogP contribution >= 0.6 is 11.6 Å². The van der Waals surface area contributed by atoms with Crippen molar-refractivity contribution in [3.05, 3.63) is 47.0 Å². The van der Waals surface area contributed by atoms with Crippen LogP contribution in [0.1, 0.15) is 24.8 Å². The first-order chi connectivity index (χ1) is 12.1. The molecule has 5 nitrogen and oxygen atoms in total. The highest BCUT2D eigenvalue weighted by atomic mass is 35.5. The van der Waals surface area contributed by atoms with E-state index in [4.69, 9.17) is 26.8 Å². The molecule has 6 heteroatoms. The first kappa shape index (κ1) is 17.4. The fourth-order valence-electron chi connectivity index (χ4n) is 3.10. The van der Waals surface area contributed by atoms with Crippen LogP contribution in [0.25, 0.3) is 0 Å². The monoisotopic (exact) mass is 357 g/mol. The average molecular weight is 358 g/mol. The van der Waals surface area contributed by atoms with Gasteiger partial charge in [-0.25, -0.2) is 0 Å². The van der Waals surface area contributed by atoms with Gasteiger partial charge < -0.3 is 20.5 Å². The predicted molar refractivity (Wildman–Crippen MR) is 99.4 cm³/mol. The molecule has 0 radical (unpaired) electrons. The Morgan fingerprint density at radius 3 is 2.64 bits per heavy atom. The van der Waals surface area contributed by atoms with Gasteiger partial charge in [-0.3, -0.25) is 0 Å². The minimum Gasteiger partial charge on any atom is -0.483 e. The first-order valence-corrected chi connectivity index (χ1v) is 8.55. The molecule has 0 bridgehead atoms. The van der Waals surface area contributed by atoms with E-state index in [0.717, 1.165) is 24.9 Å². The number of halogens is 1. The number of nitriles is 1. The molecule has 130 valence electrons. The molecular weight excluding hydrogens is 338 g/mol. The number of benzene rings is 2. The number of anilines is 3. The summed E-state index contributed by atoms with van der Waals surface area (Å²) in [6, 6.07) is 13.2. The SMILES string of the molecule is CO[C@H]1CCC[C@H]1Oc1c(N)cc(C#N)c(Cl)c1Nc1ccccc1. The van der Waals surface area contributed by atoms with Crippen molar-refractivity contribution in [1.29, 1.82) is 5.26 Å². The van der Waals surface area contributed by atoms with Gasteiger partial charge in [-0.2, -0.15) is 5.26 Å². The van der Waals surface area contributed by atoms with Gasteiger partial charge in [-0.1, -0.05) is 29.8 Å². The highest BCUT2D eigenvalue weighted by Crippen LogP contribution is 2.43. The van der Waals surface area contributed by atoms with E-state index in [9.17, 15) is 5.26 Å². The standard InChI is InChI=1S/C19H20ClN3O2/c1-24-15-8-5-9-16(15)25-19-14(22)10-12(11-21)17(20)18(19)23-13-6-3-2-4-7-13/h2-4,6-7,10,15-16,23H,5,8-9,22H2,1H3/t15-,16+/m0/s1. The summed E-state index contributed by atoms with van der Waals surface area (Å²) in [5.74, 6) is 0.460. The summed E-state index contributed by atoms with van der Waals surface area (Å²) in [6.45, 7) is 0. The van der Waals surface area contributed by atoms with E-state index in [-0.39, 0.29) is 12.2 Å². The van der Waals surface area contributed by atoms with Crippen LogP contribution in [0.4, 0.5) is 17.1 Å². The maximum Gasteiger partial charge on any atom is 0.167 e. The van der Waals surface area contributed by atoms with Gasteiger partial charge in [0.05, 0.1) is 22.4 Å². The van der Waals surface area contributed by atoms with Gasteiger partial charge in [0.25, 0.3) is 0 Å². The second kappa shape index (κ2) is 7.64. The molecule has 0 aliphatic heterocycles. The second-order valence-electron chi connectivity index (χ2n) is 6.00. The van der Waals surface area contributed by atoms with E-state index in [1.54, 1.807) is 13.2 Å². The van der Waals surface area contributed by atoms with Gasteiger partial charge >= 0.3 is 0 Å². The summed E-state index contributed by atoms with van der Waals surface area (Å²) >= 11 is 6.44. The lowest BCUT2D eigenvalue weighted by molar-refractivity contribution is 0.0236. The van der Waals surface area contributed by atoms with Crippen molar-refractivity contribution in [2.45, 2.75) is 31.5 Å². The summed E-state index contributed by atoms with van der Waals surface area (Å²) in [5, 5.41) is 12.8. The molecule has 3 N–H and O–H groups in total. The number of nitrogens with two attached hydrogens (primary N) is 1. The molecule has 2 atom stereocenters. The number of nitrogens with zero attached hydrogens (tertiary/aromatic N) is 1. The number of nitrogen functional groups attached to an aromatic ring is 1. The second-order valence-corrected chi connectivity index (χ2v) is 6.37. The van der Waals surface area contributed by atoms with Crippen molar-refractivity contribution >= 4 is 28.7 Å². The van der Waals surface area contributed by atoms with Gasteiger partial charge in [-0.15, -0.1) is 0 Å². The van der Waals surface area contributed by atoms with Crippen LogP contribution in [0.3, 0.4) is 0 Å². The Bertz CT molecular complexity index is 789. The van der Waals surface area contributed by atoms with E-state index in [2.05, 4.69) is 11.4 Å². The Morgan fingerprint density at radius 2 is 1.96 bits per heavy atom. The summed E-state index contributed by atoms with van der Waals surface area (Å²) in [5.41, 5.74) is 8.19. The van der Waals surface area contributed by atoms with E-state index >= 15 is 0 Å². The number of rotatable bonds is 5. The van der Waals surface area contributed by atoms with Crippen molar-refractivity contribution in [3.63, 3.8) is 0 Å². The van der Waals surface area contributed by atoms with Crippen molar-refractivity contribution in [3.8, 4) is 11.8 Å². The third-order valence-corrected chi connectivity index (χ3v) is 4.77. The molecule has 0 saturated heterocycles. The summed E-state index contributed by atoms with van der Waals surface area (Å²) in [6.07, 6.45) is 2.81. The zero-order chi connectivity index (χ0) is 17.8. The van der Waals surface area contributed by atoms with Crippen molar-refractivity contribution < 1.29 is 9.47 Å². The topological polar surface area (TPSA) is 80.3 Å². The zero-order valence-corrected chi connectivity index (χ0v) is 14.7. The number of nitrogens with one attached hydrogen (secondary N) is 1. The molecule has 0 amide bonds. The molecule has 0 spiro atoms. The predicted octanol–water partition coefficient (Wildman–Crippen LogP) is 4.48. The third kappa shape index (κ3) is 3.65. The van der Waals surface area contributed by atoms with Gasteiger partial charge in [0.2, 0.25) is 0 Å². The fraction of sp³-hybridized carbons (Fsp3) is 0.316. The van der Waals surface area contributed by atoms with E-state index < -0.39 is 0 Å². The van der Waals surface area contributed by atoms with Crippen molar-refractivity contribution in [1.82, 2.24) is 0 Å². The maximum absolute atomic E-state index is 9.31. The number of ether oxygens (including phenoxy) is 2. The Balaban J connectivity index is 2.01. The average Bonchev–Trinajstić information content (AvgIpc) is 3.09. The lowest BCUT2D eigenvalue weighted by Gasteiger charge is -2.24. The summed E-state index contributed by atoms with van der Waals surface area (Å²) in [7, 11) is 1.69. The lowest BCUT2D eigenvalue weighted by atomic mass is 10.1. The number of hydrogen-bond donors (Lipinski definition) is 2. The highest BCUT2D eigenvalue weighted by Gasteiger charge is 2.31. The quantitative estimate of drug-likeness (QED) is 0.771. The molecule has 0 heterocycles. The normalized spacial score (nSPS) is 19.4. The minimum atomic E-state index is -0.0902. The molecule has 1 fully saturated rings. The van der Waals surface area contributed by atoms with Gasteiger partial charge in [0, 0.05) is 12.8 Å². The number of para-hydroxylation sites is 1. The van der Waals surface area contributed by atoms with Crippen molar-refractivity contribution in [2.24, 2.45) is 0 Å². The van der Waals surface area contributed by atoms with Crippen LogP contribution in [0.2, 0.25) is 5.02 Å². The molecule has 1 saturated carbocycles. The van der Waals surface area contributed by atoms with Crippen LogP contribution in [-0.2, 0) is 4.74 Å². The molecule has 25 heavy (non-hydrogen) atoms. The Kier molecular flexibility index (Phi) is 5.32. The minimum absolute atomic E-state index is 0.0263. The van der Waals surface area contributed by atoms with Crippen molar-refractivity contribution in [2.75, 3.05) is 18.2 Å². The fourth-order valence-corrected chi connectivity index (χ4v) is 3.33. The van der Waals surface area contributed by atoms with Gasteiger partial charge in [-0.05, 0) is 37.5 Å². The van der Waals surface area contributed by atoms with Crippen LogP contribution in [0.5, 0.6) is 5.75 Å². The van der Waals surface area contributed by atoms with E-state index in [0.29, 0.717) is 27.7 Å².